The second-order valence-corrected chi connectivity index (χ2v) is 3.14. The van der Waals surface area contributed by atoms with E-state index in [2.05, 4.69) is 0 Å². The first-order valence-corrected chi connectivity index (χ1v) is 4.20. The molecule has 2 aromatic rings. The Kier molecular flexibility index (Phi) is 1.93. The first-order valence-electron chi connectivity index (χ1n) is 4.20. The summed E-state index contributed by atoms with van der Waals surface area (Å²) in [5.41, 5.74) is 1.30. The topological polar surface area (TPSA) is 47.3 Å². The van der Waals surface area contributed by atoms with E-state index in [1.807, 2.05) is 13.0 Å². The van der Waals surface area contributed by atoms with E-state index in [4.69, 9.17) is 4.42 Å². The van der Waals surface area contributed by atoms with E-state index in [0.717, 1.165) is 10.9 Å². The molecule has 70 valence electrons. The van der Waals surface area contributed by atoms with Gasteiger partial charge in [-0.05, 0) is 30.7 Å². The molecule has 0 radical (unpaired) electrons. The van der Waals surface area contributed by atoms with Crippen LogP contribution in [0.1, 0.15) is 15.9 Å². The Bertz CT molecular complexity index is 552. The molecule has 0 fully saturated rings. The van der Waals surface area contributed by atoms with Crippen LogP contribution in [0.15, 0.2) is 33.5 Å². The lowest BCUT2D eigenvalue weighted by Gasteiger charge is -2.00. The van der Waals surface area contributed by atoms with Crippen LogP contribution in [0.25, 0.3) is 11.0 Å². The van der Waals surface area contributed by atoms with E-state index in [1.165, 1.54) is 6.07 Å². The Morgan fingerprint density at radius 2 is 2.07 bits per heavy atom. The van der Waals surface area contributed by atoms with Gasteiger partial charge in [0.2, 0.25) is 0 Å². The predicted octanol–water partition coefficient (Wildman–Crippen LogP) is 1.91. The van der Waals surface area contributed by atoms with Crippen LogP contribution in [-0.4, -0.2) is 6.29 Å². The third-order valence-electron chi connectivity index (χ3n) is 2.02. The minimum atomic E-state index is -0.440. The van der Waals surface area contributed by atoms with Crippen LogP contribution in [0.2, 0.25) is 0 Å². The summed E-state index contributed by atoms with van der Waals surface area (Å²) in [6.45, 7) is 1.89. The zero-order valence-electron chi connectivity index (χ0n) is 7.61. The predicted molar refractivity (Wildman–Crippen MR) is 52.6 cm³/mol. The van der Waals surface area contributed by atoms with Gasteiger partial charge in [0.15, 0.2) is 6.29 Å². The van der Waals surface area contributed by atoms with E-state index in [-0.39, 0.29) is 0 Å². The molecule has 14 heavy (non-hydrogen) atoms. The molecule has 0 aliphatic carbocycles. The fourth-order valence-corrected chi connectivity index (χ4v) is 1.45. The molecule has 3 nitrogen and oxygen atoms in total. The van der Waals surface area contributed by atoms with Gasteiger partial charge in [-0.15, -0.1) is 0 Å². The number of aryl methyl sites for hydroxylation is 1. The van der Waals surface area contributed by atoms with Gasteiger partial charge in [-0.25, -0.2) is 4.79 Å². The Balaban J connectivity index is 2.95. The SMILES string of the molecule is Cc1cc(C=O)c2oc(=O)ccc2c1. The molecule has 0 saturated carbocycles. The normalized spacial score (nSPS) is 10.4. The molecule has 1 aromatic carbocycles. The highest BCUT2D eigenvalue weighted by Crippen LogP contribution is 2.17. The molecule has 0 aliphatic rings. The van der Waals surface area contributed by atoms with Crippen LogP contribution in [0, 0.1) is 6.92 Å². The first kappa shape index (κ1) is 8.69. The molecule has 0 spiro atoms. The number of fused-ring (bicyclic) bond motifs is 1. The fraction of sp³-hybridized carbons (Fsp3) is 0.0909. The molecule has 0 saturated heterocycles. The monoisotopic (exact) mass is 188 g/mol. The van der Waals surface area contributed by atoms with Crippen molar-refractivity contribution in [1.82, 2.24) is 0 Å². The summed E-state index contributed by atoms with van der Waals surface area (Å²) in [6, 6.07) is 6.56. The lowest BCUT2D eigenvalue weighted by molar-refractivity contribution is 0.112. The summed E-state index contributed by atoms with van der Waals surface area (Å²) >= 11 is 0. The highest BCUT2D eigenvalue weighted by molar-refractivity contribution is 5.94. The van der Waals surface area contributed by atoms with Crippen molar-refractivity contribution in [3.05, 3.63) is 45.8 Å². The number of benzene rings is 1. The van der Waals surface area contributed by atoms with E-state index >= 15 is 0 Å². The van der Waals surface area contributed by atoms with Crippen molar-refractivity contribution in [2.75, 3.05) is 0 Å². The summed E-state index contributed by atoms with van der Waals surface area (Å²) in [4.78, 5) is 21.7. The second kappa shape index (κ2) is 3.10. The largest absolute Gasteiger partial charge is 0.422 e. The number of aldehydes is 1. The molecular formula is C11H8O3. The summed E-state index contributed by atoms with van der Waals surface area (Å²) in [5, 5.41) is 0.770. The molecule has 0 unspecified atom stereocenters. The quantitative estimate of drug-likeness (QED) is 0.507. The summed E-state index contributed by atoms with van der Waals surface area (Å²) in [7, 11) is 0. The van der Waals surface area contributed by atoms with Crippen LogP contribution in [0.5, 0.6) is 0 Å². The van der Waals surface area contributed by atoms with Crippen molar-refractivity contribution in [3.63, 3.8) is 0 Å². The number of hydrogen-bond acceptors (Lipinski definition) is 3. The summed E-state index contributed by atoms with van der Waals surface area (Å²) in [5.74, 6) is 0. The maximum absolute atomic E-state index is 11.0. The molecule has 0 bridgehead atoms. The maximum Gasteiger partial charge on any atom is 0.336 e. The average molecular weight is 188 g/mol. The number of hydrogen-bond donors (Lipinski definition) is 0. The maximum atomic E-state index is 11.0. The number of carbonyl (C=O) groups is 1. The van der Waals surface area contributed by atoms with Gasteiger partial charge in [0, 0.05) is 11.5 Å². The van der Waals surface area contributed by atoms with Gasteiger partial charge in [-0.1, -0.05) is 0 Å². The van der Waals surface area contributed by atoms with E-state index in [9.17, 15) is 9.59 Å². The van der Waals surface area contributed by atoms with Gasteiger partial charge < -0.3 is 4.42 Å². The van der Waals surface area contributed by atoms with Crippen molar-refractivity contribution in [2.24, 2.45) is 0 Å². The molecule has 1 heterocycles. The minimum absolute atomic E-state index is 0.359. The van der Waals surface area contributed by atoms with Crippen molar-refractivity contribution in [3.8, 4) is 0 Å². The Morgan fingerprint density at radius 3 is 2.79 bits per heavy atom. The zero-order valence-corrected chi connectivity index (χ0v) is 7.61. The van der Waals surface area contributed by atoms with Crippen molar-refractivity contribution in [1.29, 1.82) is 0 Å². The fourth-order valence-electron chi connectivity index (χ4n) is 1.45. The minimum Gasteiger partial charge on any atom is -0.422 e. The standard InChI is InChI=1S/C11H8O3/c1-7-4-8-2-3-10(13)14-11(8)9(5-7)6-12/h2-6H,1H3. The number of carbonyl (C=O) groups excluding carboxylic acids is 1. The van der Waals surface area contributed by atoms with Gasteiger partial charge in [-0.2, -0.15) is 0 Å². The highest BCUT2D eigenvalue weighted by Gasteiger charge is 2.04. The molecule has 3 heteroatoms. The second-order valence-electron chi connectivity index (χ2n) is 3.14. The van der Waals surface area contributed by atoms with Gasteiger partial charge in [0.1, 0.15) is 5.58 Å². The van der Waals surface area contributed by atoms with Gasteiger partial charge in [-0.3, -0.25) is 4.79 Å². The average Bonchev–Trinajstić information content (AvgIpc) is 2.17. The highest BCUT2D eigenvalue weighted by atomic mass is 16.4. The molecule has 1 aromatic heterocycles. The number of rotatable bonds is 1. The molecular weight excluding hydrogens is 180 g/mol. The molecule has 2 rings (SSSR count). The Hall–Kier alpha value is -1.90. The van der Waals surface area contributed by atoms with E-state index < -0.39 is 5.63 Å². The van der Waals surface area contributed by atoms with Gasteiger partial charge in [0.05, 0.1) is 5.56 Å². The smallest absolute Gasteiger partial charge is 0.336 e. The van der Waals surface area contributed by atoms with Crippen LogP contribution in [-0.2, 0) is 0 Å². The van der Waals surface area contributed by atoms with Crippen LogP contribution in [0.3, 0.4) is 0 Å². The Morgan fingerprint density at radius 1 is 1.29 bits per heavy atom. The summed E-state index contributed by atoms with van der Waals surface area (Å²) < 4.78 is 4.95. The van der Waals surface area contributed by atoms with E-state index in [1.54, 1.807) is 12.1 Å². The van der Waals surface area contributed by atoms with Gasteiger partial charge >= 0.3 is 5.63 Å². The molecule has 0 amide bonds. The van der Waals surface area contributed by atoms with Crippen molar-refractivity contribution in [2.45, 2.75) is 6.92 Å². The van der Waals surface area contributed by atoms with Crippen LogP contribution in [0.4, 0.5) is 0 Å². The zero-order chi connectivity index (χ0) is 10.1. The Labute approximate surface area is 80.0 Å². The molecule has 0 atom stereocenters. The van der Waals surface area contributed by atoms with Crippen molar-refractivity contribution >= 4 is 17.3 Å². The molecule has 0 aliphatic heterocycles. The first-order chi connectivity index (χ1) is 6.70. The lowest BCUT2D eigenvalue weighted by atomic mass is 10.1. The van der Waals surface area contributed by atoms with Crippen LogP contribution < -0.4 is 5.63 Å². The summed E-state index contributed by atoms with van der Waals surface area (Å²) in [6.07, 6.45) is 0.693. The molecule has 0 N–H and O–H groups in total. The van der Waals surface area contributed by atoms with Crippen LogP contribution >= 0.6 is 0 Å². The third-order valence-corrected chi connectivity index (χ3v) is 2.02. The van der Waals surface area contributed by atoms with Gasteiger partial charge in [0.25, 0.3) is 0 Å². The third kappa shape index (κ3) is 1.33. The lowest BCUT2D eigenvalue weighted by Crippen LogP contribution is -1.97. The van der Waals surface area contributed by atoms with E-state index in [0.29, 0.717) is 17.4 Å². The van der Waals surface area contributed by atoms with Crippen molar-refractivity contribution < 1.29 is 9.21 Å².